The number of carbonyl (C=O) groups excluding carboxylic acids is 2. The molecule has 0 spiro atoms. The van der Waals surface area contributed by atoms with Crippen molar-refractivity contribution in [2.75, 3.05) is 37.7 Å². The number of piperidine rings is 1. The van der Waals surface area contributed by atoms with E-state index in [1.165, 1.54) is 5.69 Å². The SMILES string of the molecule is CC(NC(=O)C(c1ccccc1)N1CCCCC1=O)c1ccc(N2CCOCC2)cc1. The molecule has 0 aliphatic carbocycles. The van der Waals surface area contributed by atoms with E-state index >= 15 is 0 Å². The minimum absolute atomic E-state index is 0.0535. The average Bonchev–Trinajstić information content (AvgIpc) is 2.82. The molecule has 31 heavy (non-hydrogen) atoms. The van der Waals surface area contributed by atoms with Crippen molar-refractivity contribution < 1.29 is 14.3 Å². The predicted octanol–water partition coefficient (Wildman–Crippen LogP) is 3.45. The lowest BCUT2D eigenvalue weighted by Crippen LogP contribution is -2.46. The highest BCUT2D eigenvalue weighted by molar-refractivity contribution is 5.89. The molecule has 164 valence electrons. The van der Waals surface area contributed by atoms with Crippen LogP contribution in [0.15, 0.2) is 54.6 Å². The molecular weight excluding hydrogens is 390 g/mol. The molecular formula is C25H31N3O3. The van der Waals surface area contributed by atoms with Crippen LogP contribution in [0.1, 0.15) is 49.4 Å². The van der Waals surface area contributed by atoms with Gasteiger partial charge in [-0.2, -0.15) is 0 Å². The van der Waals surface area contributed by atoms with Crippen molar-refractivity contribution in [2.45, 2.75) is 38.3 Å². The summed E-state index contributed by atoms with van der Waals surface area (Å²) in [6, 6.07) is 17.2. The van der Waals surface area contributed by atoms with Gasteiger partial charge in [-0.3, -0.25) is 9.59 Å². The van der Waals surface area contributed by atoms with E-state index in [1.54, 1.807) is 4.90 Å². The number of rotatable bonds is 6. The summed E-state index contributed by atoms with van der Waals surface area (Å²) < 4.78 is 5.43. The van der Waals surface area contributed by atoms with E-state index in [0.717, 1.165) is 50.3 Å². The lowest BCUT2D eigenvalue weighted by Gasteiger charge is -2.34. The van der Waals surface area contributed by atoms with Gasteiger partial charge >= 0.3 is 0 Å². The third kappa shape index (κ3) is 5.07. The van der Waals surface area contributed by atoms with Gasteiger partial charge in [0.15, 0.2) is 0 Å². The first-order valence-corrected chi connectivity index (χ1v) is 11.2. The number of hydrogen-bond acceptors (Lipinski definition) is 4. The lowest BCUT2D eigenvalue weighted by molar-refractivity contribution is -0.143. The smallest absolute Gasteiger partial charge is 0.247 e. The molecule has 2 aliphatic rings. The molecule has 6 nitrogen and oxygen atoms in total. The number of hydrogen-bond donors (Lipinski definition) is 1. The molecule has 2 atom stereocenters. The molecule has 2 unspecified atom stereocenters. The Kier molecular flexibility index (Phi) is 6.87. The summed E-state index contributed by atoms with van der Waals surface area (Å²) in [4.78, 5) is 30.0. The summed E-state index contributed by atoms with van der Waals surface area (Å²) in [5.74, 6) is -0.0797. The normalized spacial score (nSPS) is 19.1. The minimum atomic E-state index is -0.593. The summed E-state index contributed by atoms with van der Waals surface area (Å²) in [6.07, 6.45) is 2.33. The van der Waals surface area contributed by atoms with Crippen LogP contribution in [0, 0.1) is 0 Å². The quantitative estimate of drug-likeness (QED) is 0.776. The molecule has 2 amide bonds. The second kappa shape index (κ2) is 9.96. The van der Waals surface area contributed by atoms with E-state index in [9.17, 15) is 9.59 Å². The first-order chi connectivity index (χ1) is 15.1. The molecule has 0 aromatic heterocycles. The van der Waals surface area contributed by atoms with Crippen LogP contribution in [0.4, 0.5) is 5.69 Å². The van der Waals surface area contributed by atoms with Gasteiger partial charge in [-0.25, -0.2) is 0 Å². The number of carbonyl (C=O) groups is 2. The van der Waals surface area contributed by atoms with Crippen LogP contribution in [0.25, 0.3) is 0 Å². The van der Waals surface area contributed by atoms with Gasteiger partial charge < -0.3 is 19.9 Å². The van der Waals surface area contributed by atoms with Crippen molar-refractivity contribution >= 4 is 17.5 Å². The van der Waals surface area contributed by atoms with Crippen LogP contribution in [-0.2, 0) is 14.3 Å². The summed E-state index contributed by atoms with van der Waals surface area (Å²) in [6.45, 7) is 5.91. The summed E-state index contributed by atoms with van der Waals surface area (Å²) in [5, 5.41) is 3.15. The number of nitrogens with zero attached hydrogens (tertiary/aromatic N) is 2. The van der Waals surface area contributed by atoms with Crippen LogP contribution in [0.3, 0.4) is 0 Å². The fourth-order valence-electron chi connectivity index (χ4n) is 4.38. The number of nitrogens with one attached hydrogen (secondary N) is 1. The molecule has 1 N–H and O–H groups in total. The highest BCUT2D eigenvalue weighted by Crippen LogP contribution is 2.27. The highest BCUT2D eigenvalue weighted by Gasteiger charge is 2.33. The van der Waals surface area contributed by atoms with E-state index in [1.807, 2.05) is 37.3 Å². The molecule has 4 rings (SSSR count). The Morgan fingerprint density at radius 2 is 1.65 bits per heavy atom. The van der Waals surface area contributed by atoms with Gasteiger partial charge in [-0.1, -0.05) is 42.5 Å². The van der Waals surface area contributed by atoms with Crippen LogP contribution in [-0.4, -0.2) is 49.6 Å². The maximum atomic E-state index is 13.4. The number of likely N-dealkylation sites (tertiary alicyclic amines) is 1. The van der Waals surface area contributed by atoms with E-state index in [4.69, 9.17) is 4.74 Å². The summed E-state index contributed by atoms with van der Waals surface area (Å²) in [7, 11) is 0. The zero-order valence-electron chi connectivity index (χ0n) is 18.1. The van der Waals surface area contributed by atoms with Gasteiger partial charge in [0.2, 0.25) is 11.8 Å². The van der Waals surface area contributed by atoms with Crippen LogP contribution < -0.4 is 10.2 Å². The van der Waals surface area contributed by atoms with Gasteiger partial charge in [-0.05, 0) is 43.0 Å². The molecule has 2 heterocycles. The Labute approximate surface area is 184 Å². The van der Waals surface area contributed by atoms with Crippen LogP contribution in [0.5, 0.6) is 0 Å². The summed E-state index contributed by atoms with van der Waals surface area (Å²) >= 11 is 0. The Morgan fingerprint density at radius 1 is 0.935 bits per heavy atom. The zero-order valence-corrected chi connectivity index (χ0v) is 18.1. The third-order valence-electron chi connectivity index (χ3n) is 6.16. The van der Waals surface area contributed by atoms with Crippen LogP contribution >= 0.6 is 0 Å². The zero-order chi connectivity index (χ0) is 21.6. The molecule has 0 bridgehead atoms. The van der Waals surface area contributed by atoms with E-state index < -0.39 is 6.04 Å². The van der Waals surface area contributed by atoms with Crippen molar-refractivity contribution in [2.24, 2.45) is 0 Å². The van der Waals surface area contributed by atoms with Gasteiger partial charge in [0.1, 0.15) is 6.04 Å². The monoisotopic (exact) mass is 421 g/mol. The fraction of sp³-hybridized carbons (Fsp3) is 0.440. The second-order valence-corrected chi connectivity index (χ2v) is 8.28. The van der Waals surface area contributed by atoms with E-state index in [-0.39, 0.29) is 17.9 Å². The Balaban J connectivity index is 1.48. The highest BCUT2D eigenvalue weighted by atomic mass is 16.5. The molecule has 0 radical (unpaired) electrons. The van der Waals surface area contributed by atoms with Gasteiger partial charge in [-0.15, -0.1) is 0 Å². The number of morpholine rings is 1. The number of amides is 2. The van der Waals surface area contributed by atoms with E-state index in [2.05, 4.69) is 34.5 Å². The Hall–Kier alpha value is -2.86. The van der Waals surface area contributed by atoms with Crippen molar-refractivity contribution in [3.05, 3.63) is 65.7 Å². The molecule has 2 saturated heterocycles. The molecule has 0 saturated carbocycles. The summed E-state index contributed by atoms with van der Waals surface area (Å²) in [5.41, 5.74) is 3.07. The molecule has 2 aromatic rings. The minimum Gasteiger partial charge on any atom is -0.378 e. The van der Waals surface area contributed by atoms with Gasteiger partial charge in [0, 0.05) is 31.7 Å². The predicted molar refractivity (Wildman–Crippen MR) is 121 cm³/mol. The lowest BCUT2D eigenvalue weighted by atomic mass is 9.99. The van der Waals surface area contributed by atoms with Crippen molar-refractivity contribution in [3.8, 4) is 0 Å². The standard InChI is InChI=1S/C25H31N3O3/c1-19(20-10-12-22(13-11-20)27-15-17-31-18-16-27)26-25(30)24(21-7-3-2-4-8-21)28-14-6-5-9-23(28)29/h2-4,7-8,10-13,19,24H,5-6,9,14-18H2,1H3,(H,26,30). The largest absolute Gasteiger partial charge is 0.378 e. The van der Waals surface area contributed by atoms with Crippen LogP contribution in [0.2, 0.25) is 0 Å². The van der Waals surface area contributed by atoms with Crippen molar-refractivity contribution in [1.29, 1.82) is 0 Å². The van der Waals surface area contributed by atoms with Gasteiger partial charge in [0.05, 0.1) is 19.3 Å². The Bertz CT molecular complexity index is 879. The average molecular weight is 422 g/mol. The first-order valence-electron chi connectivity index (χ1n) is 11.2. The van der Waals surface area contributed by atoms with Crippen molar-refractivity contribution in [1.82, 2.24) is 10.2 Å². The van der Waals surface area contributed by atoms with Crippen molar-refractivity contribution in [3.63, 3.8) is 0 Å². The number of benzene rings is 2. The number of ether oxygens (including phenoxy) is 1. The topological polar surface area (TPSA) is 61.9 Å². The third-order valence-corrected chi connectivity index (χ3v) is 6.16. The van der Waals surface area contributed by atoms with E-state index in [0.29, 0.717) is 13.0 Å². The van der Waals surface area contributed by atoms with Gasteiger partial charge in [0.25, 0.3) is 0 Å². The first kappa shape index (κ1) is 21.4. The molecule has 2 fully saturated rings. The maximum absolute atomic E-state index is 13.4. The Morgan fingerprint density at radius 3 is 2.32 bits per heavy atom. The number of anilines is 1. The molecule has 2 aromatic carbocycles. The maximum Gasteiger partial charge on any atom is 0.247 e. The molecule has 2 aliphatic heterocycles. The second-order valence-electron chi connectivity index (χ2n) is 8.28. The fourth-order valence-corrected chi connectivity index (χ4v) is 4.38. The molecule has 6 heteroatoms.